The van der Waals surface area contributed by atoms with Gasteiger partial charge in [-0.1, -0.05) is 17.7 Å². The number of benzene rings is 2. The van der Waals surface area contributed by atoms with Crippen molar-refractivity contribution in [1.82, 2.24) is 5.32 Å². The molecule has 2 N–H and O–H groups in total. The van der Waals surface area contributed by atoms with Crippen LogP contribution < -0.4 is 20.1 Å². The number of thiocarbonyl (C=S) groups is 1. The second-order valence-corrected chi connectivity index (χ2v) is 5.99. The van der Waals surface area contributed by atoms with Crippen LogP contribution in [0, 0.1) is 6.92 Å². The lowest BCUT2D eigenvalue weighted by Crippen LogP contribution is -2.39. The zero-order valence-electron chi connectivity index (χ0n) is 14.3. The Balaban J connectivity index is 1.75. The van der Waals surface area contributed by atoms with Crippen LogP contribution in [0.4, 0.5) is 5.69 Å². The Bertz CT molecular complexity index is 641. The van der Waals surface area contributed by atoms with Crippen LogP contribution in [0.1, 0.15) is 19.4 Å². The van der Waals surface area contributed by atoms with Gasteiger partial charge in [0.15, 0.2) is 5.11 Å². The monoisotopic (exact) mass is 344 g/mol. The van der Waals surface area contributed by atoms with Gasteiger partial charge in [0, 0.05) is 5.69 Å². The molecule has 0 bridgehead atoms. The molecule has 1 unspecified atom stereocenters. The van der Waals surface area contributed by atoms with Crippen molar-refractivity contribution < 1.29 is 9.47 Å². The third-order valence-corrected chi connectivity index (χ3v) is 3.54. The minimum Gasteiger partial charge on any atom is -0.494 e. The maximum Gasteiger partial charge on any atom is 0.171 e. The minimum atomic E-state index is 0.0917. The van der Waals surface area contributed by atoms with E-state index >= 15 is 0 Å². The van der Waals surface area contributed by atoms with E-state index in [1.165, 1.54) is 5.56 Å². The van der Waals surface area contributed by atoms with Crippen molar-refractivity contribution in [1.29, 1.82) is 0 Å². The highest BCUT2D eigenvalue weighted by Crippen LogP contribution is 2.15. The Morgan fingerprint density at radius 1 is 1.00 bits per heavy atom. The molecule has 0 aliphatic carbocycles. The number of anilines is 1. The van der Waals surface area contributed by atoms with E-state index in [1.807, 2.05) is 62.4 Å². The molecule has 0 aromatic heterocycles. The maximum atomic E-state index is 5.75. The van der Waals surface area contributed by atoms with E-state index in [0.717, 1.165) is 17.2 Å². The average molecular weight is 344 g/mol. The van der Waals surface area contributed by atoms with Gasteiger partial charge in [-0.15, -0.1) is 0 Å². The molecule has 2 aromatic rings. The summed E-state index contributed by atoms with van der Waals surface area (Å²) in [6, 6.07) is 15.8. The molecule has 5 heteroatoms. The van der Waals surface area contributed by atoms with E-state index < -0.39 is 0 Å². The Morgan fingerprint density at radius 2 is 1.58 bits per heavy atom. The fraction of sp³-hybridized carbons (Fsp3) is 0.316. The van der Waals surface area contributed by atoms with Crippen LogP contribution in [0.2, 0.25) is 0 Å². The van der Waals surface area contributed by atoms with Gasteiger partial charge >= 0.3 is 0 Å². The van der Waals surface area contributed by atoms with Crippen LogP contribution >= 0.6 is 12.2 Å². The van der Waals surface area contributed by atoms with Crippen LogP contribution in [0.3, 0.4) is 0 Å². The van der Waals surface area contributed by atoms with Crippen LogP contribution in [0.15, 0.2) is 48.5 Å². The van der Waals surface area contributed by atoms with Gasteiger partial charge < -0.3 is 20.1 Å². The normalized spacial score (nSPS) is 11.5. The van der Waals surface area contributed by atoms with Gasteiger partial charge in [0.25, 0.3) is 0 Å². The van der Waals surface area contributed by atoms with Gasteiger partial charge in [-0.25, -0.2) is 0 Å². The number of hydrogen-bond acceptors (Lipinski definition) is 3. The van der Waals surface area contributed by atoms with Crippen LogP contribution in [0.5, 0.6) is 11.5 Å². The molecule has 2 rings (SSSR count). The highest BCUT2D eigenvalue weighted by atomic mass is 32.1. The standard InChI is InChI=1S/C19H24N2O2S/c1-4-22-17-11-7-16(8-12-17)21-19(24)20-15(3)13-23-18-9-5-14(2)6-10-18/h5-12,15H,4,13H2,1-3H3,(H2,20,21,24). The van der Waals surface area contributed by atoms with E-state index in [1.54, 1.807) is 0 Å². The predicted molar refractivity (Wildman–Crippen MR) is 103 cm³/mol. The fourth-order valence-corrected chi connectivity index (χ4v) is 2.41. The molecule has 0 aliphatic heterocycles. The molecule has 0 aliphatic rings. The highest BCUT2D eigenvalue weighted by molar-refractivity contribution is 7.80. The van der Waals surface area contributed by atoms with Crippen molar-refractivity contribution in [3.8, 4) is 11.5 Å². The number of aryl methyl sites for hydroxylation is 1. The molecule has 128 valence electrons. The first-order valence-electron chi connectivity index (χ1n) is 8.06. The average Bonchev–Trinajstić information content (AvgIpc) is 2.56. The molecule has 1 atom stereocenters. The summed E-state index contributed by atoms with van der Waals surface area (Å²) in [6.07, 6.45) is 0. The van der Waals surface area contributed by atoms with Crippen molar-refractivity contribution in [2.75, 3.05) is 18.5 Å². The van der Waals surface area contributed by atoms with E-state index in [-0.39, 0.29) is 6.04 Å². The Kier molecular flexibility index (Phi) is 6.88. The zero-order valence-corrected chi connectivity index (χ0v) is 15.2. The highest BCUT2D eigenvalue weighted by Gasteiger charge is 2.06. The van der Waals surface area contributed by atoms with Crippen LogP contribution in [-0.4, -0.2) is 24.4 Å². The molecular formula is C19H24N2O2S. The third kappa shape index (κ3) is 6.08. The van der Waals surface area contributed by atoms with Crippen molar-refractivity contribution in [2.24, 2.45) is 0 Å². The molecule has 0 fully saturated rings. The molecule has 0 spiro atoms. The first kappa shape index (κ1) is 18.1. The Hall–Kier alpha value is -2.27. The van der Waals surface area contributed by atoms with Crippen molar-refractivity contribution >= 4 is 23.0 Å². The van der Waals surface area contributed by atoms with Crippen LogP contribution in [-0.2, 0) is 0 Å². The summed E-state index contributed by atoms with van der Waals surface area (Å²) in [5.74, 6) is 1.71. The van der Waals surface area contributed by atoms with Crippen molar-refractivity contribution in [2.45, 2.75) is 26.8 Å². The number of ether oxygens (including phenoxy) is 2. The van der Waals surface area contributed by atoms with E-state index in [4.69, 9.17) is 21.7 Å². The maximum absolute atomic E-state index is 5.75. The molecule has 2 aromatic carbocycles. The number of rotatable bonds is 7. The second kappa shape index (κ2) is 9.13. The van der Waals surface area contributed by atoms with Crippen molar-refractivity contribution in [3.63, 3.8) is 0 Å². The molecule has 0 heterocycles. The second-order valence-electron chi connectivity index (χ2n) is 5.58. The van der Waals surface area contributed by atoms with Gasteiger partial charge in [-0.05, 0) is 69.4 Å². The molecule has 0 saturated heterocycles. The molecule has 0 saturated carbocycles. The lowest BCUT2D eigenvalue weighted by atomic mass is 10.2. The lowest BCUT2D eigenvalue weighted by molar-refractivity contribution is 0.287. The summed E-state index contributed by atoms with van der Waals surface area (Å²) in [4.78, 5) is 0. The number of hydrogen-bond donors (Lipinski definition) is 2. The first-order chi connectivity index (χ1) is 11.6. The summed E-state index contributed by atoms with van der Waals surface area (Å²) in [5.41, 5.74) is 2.14. The minimum absolute atomic E-state index is 0.0917. The molecule has 4 nitrogen and oxygen atoms in total. The third-order valence-electron chi connectivity index (χ3n) is 3.32. The van der Waals surface area contributed by atoms with Crippen LogP contribution in [0.25, 0.3) is 0 Å². The Labute approximate surface area is 149 Å². The van der Waals surface area contributed by atoms with Gasteiger partial charge in [-0.2, -0.15) is 0 Å². The Morgan fingerprint density at radius 3 is 2.21 bits per heavy atom. The van der Waals surface area contributed by atoms with Gasteiger partial charge in [0.2, 0.25) is 0 Å². The topological polar surface area (TPSA) is 42.5 Å². The predicted octanol–water partition coefficient (Wildman–Crippen LogP) is 4.15. The first-order valence-corrected chi connectivity index (χ1v) is 8.47. The zero-order chi connectivity index (χ0) is 17.4. The molecule has 24 heavy (non-hydrogen) atoms. The van der Waals surface area contributed by atoms with E-state index in [0.29, 0.717) is 18.3 Å². The molecule has 0 amide bonds. The van der Waals surface area contributed by atoms with E-state index in [9.17, 15) is 0 Å². The molecular weight excluding hydrogens is 320 g/mol. The summed E-state index contributed by atoms with van der Waals surface area (Å²) in [6.45, 7) is 7.24. The number of nitrogens with one attached hydrogen (secondary N) is 2. The summed E-state index contributed by atoms with van der Waals surface area (Å²) >= 11 is 5.34. The van der Waals surface area contributed by atoms with Gasteiger partial charge in [0.05, 0.1) is 12.6 Å². The smallest absolute Gasteiger partial charge is 0.171 e. The largest absolute Gasteiger partial charge is 0.494 e. The van der Waals surface area contributed by atoms with Gasteiger partial charge in [-0.3, -0.25) is 0 Å². The summed E-state index contributed by atoms with van der Waals surface area (Å²) < 4.78 is 11.2. The molecule has 0 radical (unpaired) electrons. The summed E-state index contributed by atoms with van der Waals surface area (Å²) in [7, 11) is 0. The van der Waals surface area contributed by atoms with Crippen molar-refractivity contribution in [3.05, 3.63) is 54.1 Å². The SMILES string of the molecule is CCOc1ccc(NC(=S)NC(C)COc2ccc(C)cc2)cc1. The summed E-state index contributed by atoms with van der Waals surface area (Å²) in [5, 5.41) is 6.94. The quantitative estimate of drug-likeness (QED) is 0.739. The lowest BCUT2D eigenvalue weighted by Gasteiger charge is -2.18. The van der Waals surface area contributed by atoms with Gasteiger partial charge in [0.1, 0.15) is 18.1 Å². The fourth-order valence-electron chi connectivity index (χ4n) is 2.09. The van der Waals surface area contributed by atoms with E-state index in [2.05, 4.69) is 17.6 Å².